The number of benzene rings is 2. The van der Waals surface area contributed by atoms with Gasteiger partial charge in [-0.15, -0.1) is 0 Å². The van der Waals surface area contributed by atoms with E-state index in [2.05, 4.69) is 33.9 Å². The molecule has 1 fully saturated rings. The smallest absolute Gasteiger partial charge is 0.253 e. The maximum Gasteiger partial charge on any atom is 0.253 e. The Labute approximate surface area is 172 Å². The standard InChI is InChI=1S/C22H27N3O3S/c1-2-23-29(27,28)21-12-6-11-20(18-21)22(26)25-16-14-24(15-17-25)13-7-10-19-8-4-3-5-9-19/h3-12,18,23H,2,13-17H2,1H3. The average molecular weight is 414 g/mol. The van der Waals surface area contributed by atoms with Crippen LogP contribution in [0, 0.1) is 0 Å². The highest BCUT2D eigenvalue weighted by atomic mass is 32.2. The lowest BCUT2D eigenvalue weighted by molar-refractivity contribution is 0.0650. The van der Waals surface area contributed by atoms with Gasteiger partial charge in [-0.2, -0.15) is 0 Å². The van der Waals surface area contributed by atoms with Gasteiger partial charge in [0.25, 0.3) is 5.91 Å². The number of carbonyl (C=O) groups is 1. The van der Waals surface area contributed by atoms with Gasteiger partial charge in [0.15, 0.2) is 0 Å². The summed E-state index contributed by atoms with van der Waals surface area (Å²) in [5.74, 6) is -0.127. The fraction of sp³-hybridized carbons (Fsp3) is 0.318. The lowest BCUT2D eigenvalue weighted by Gasteiger charge is -2.34. The molecule has 0 bridgehead atoms. The Morgan fingerprint density at radius 3 is 2.45 bits per heavy atom. The number of nitrogens with one attached hydrogen (secondary N) is 1. The van der Waals surface area contributed by atoms with Crippen molar-refractivity contribution < 1.29 is 13.2 Å². The van der Waals surface area contributed by atoms with Crippen molar-refractivity contribution in [1.29, 1.82) is 0 Å². The van der Waals surface area contributed by atoms with E-state index in [1.165, 1.54) is 17.7 Å². The van der Waals surface area contributed by atoms with Crippen LogP contribution in [0.15, 0.2) is 65.6 Å². The van der Waals surface area contributed by atoms with Crippen molar-refractivity contribution >= 4 is 22.0 Å². The Kier molecular flexibility index (Phi) is 7.19. The molecule has 1 amide bonds. The molecule has 0 spiro atoms. The number of hydrogen-bond acceptors (Lipinski definition) is 4. The molecule has 29 heavy (non-hydrogen) atoms. The van der Waals surface area contributed by atoms with Crippen LogP contribution in [0.1, 0.15) is 22.8 Å². The van der Waals surface area contributed by atoms with Crippen LogP contribution in [-0.4, -0.2) is 63.4 Å². The number of nitrogens with zero attached hydrogens (tertiary/aromatic N) is 2. The molecule has 1 aliphatic heterocycles. The van der Waals surface area contributed by atoms with Crippen molar-refractivity contribution in [3.05, 3.63) is 71.8 Å². The van der Waals surface area contributed by atoms with Gasteiger partial charge in [0, 0.05) is 44.8 Å². The topological polar surface area (TPSA) is 69.7 Å². The van der Waals surface area contributed by atoms with Crippen molar-refractivity contribution in [3.63, 3.8) is 0 Å². The quantitative estimate of drug-likeness (QED) is 0.757. The van der Waals surface area contributed by atoms with Gasteiger partial charge in [0.05, 0.1) is 4.90 Å². The summed E-state index contributed by atoms with van der Waals surface area (Å²) in [6.07, 6.45) is 4.25. The second kappa shape index (κ2) is 9.82. The third kappa shape index (κ3) is 5.76. The first kappa shape index (κ1) is 21.2. The zero-order valence-corrected chi connectivity index (χ0v) is 17.4. The van der Waals surface area contributed by atoms with E-state index in [1.807, 2.05) is 18.2 Å². The summed E-state index contributed by atoms with van der Waals surface area (Å²) in [5, 5.41) is 0. The predicted molar refractivity (Wildman–Crippen MR) is 115 cm³/mol. The number of rotatable bonds is 7. The van der Waals surface area contributed by atoms with Crippen LogP contribution in [0.2, 0.25) is 0 Å². The molecule has 0 unspecified atom stereocenters. The Balaban J connectivity index is 1.56. The third-order valence-corrected chi connectivity index (χ3v) is 6.40. The fourth-order valence-electron chi connectivity index (χ4n) is 3.29. The summed E-state index contributed by atoms with van der Waals surface area (Å²) in [6.45, 7) is 5.71. The van der Waals surface area contributed by atoms with E-state index < -0.39 is 10.0 Å². The first-order valence-corrected chi connectivity index (χ1v) is 11.3. The van der Waals surface area contributed by atoms with Gasteiger partial charge >= 0.3 is 0 Å². The number of piperazine rings is 1. The third-order valence-electron chi connectivity index (χ3n) is 4.86. The van der Waals surface area contributed by atoms with E-state index in [0.29, 0.717) is 25.2 Å². The first-order chi connectivity index (χ1) is 14.0. The van der Waals surface area contributed by atoms with Crippen molar-refractivity contribution in [1.82, 2.24) is 14.5 Å². The summed E-state index contributed by atoms with van der Waals surface area (Å²) in [5.41, 5.74) is 1.58. The predicted octanol–water partition coefficient (Wildman–Crippen LogP) is 2.46. The second-order valence-electron chi connectivity index (χ2n) is 6.94. The second-order valence-corrected chi connectivity index (χ2v) is 8.70. The van der Waals surface area contributed by atoms with Gasteiger partial charge in [-0.1, -0.05) is 55.5 Å². The van der Waals surface area contributed by atoms with Gasteiger partial charge in [-0.3, -0.25) is 9.69 Å². The zero-order valence-electron chi connectivity index (χ0n) is 16.6. The molecule has 7 heteroatoms. The van der Waals surface area contributed by atoms with Gasteiger partial charge in [-0.25, -0.2) is 13.1 Å². The normalized spacial score (nSPS) is 15.7. The minimum atomic E-state index is -3.58. The maximum absolute atomic E-state index is 12.8. The monoisotopic (exact) mass is 413 g/mol. The van der Waals surface area contributed by atoms with Crippen molar-refractivity contribution in [3.8, 4) is 0 Å². The largest absolute Gasteiger partial charge is 0.336 e. The molecule has 2 aromatic rings. The van der Waals surface area contributed by atoms with E-state index in [0.717, 1.165) is 19.6 Å². The molecule has 0 atom stereocenters. The summed E-state index contributed by atoms with van der Waals surface area (Å²) in [4.78, 5) is 17.0. The Bertz CT molecular complexity index is 950. The number of hydrogen-bond donors (Lipinski definition) is 1. The molecular weight excluding hydrogens is 386 g/mol. The minimum absolute atomic E-state index is 0.120. The molecular formula is C22H27N3O3S. The molecule has 1 N–H and O–H groups in total. The highest BCUT2D eigenvalue weighted by molar-refractivity contribution is 7.89. The minimum Gasteiger partial charge on any atom is -0.336 e. The van der Waals surface area contributed by atoms with Gasteiger partial charge in [0.1, 0.15) is 0 Å². The highest BCUT2D eigenvalue weighted by Crippen LogP contribution is 2.15. The first-order valence-electron chi connectivity index (χ1n) is 9.82. The summed E-state index contributed by atoms with van der Waals surface area (Å²) in [6, 6.07) is 16.4. The van der Waals surface area contributed by atoms with E-state index in [-0.39, 0.29) is 10.8 Å². The molecule has 0 aliphatic carbocycles. The molecule has 0 saturated carbocycles. The fourth-order valence-corrected chi connectivity index (χ4v) is 4.37. The summed E-state index contributed by atoms with van der Waals surface area (Å²) >= 11 is 0. The molecule has 2 aromatic carbocycles. The SMILES string of the molecule is CCNS(=O)(=O)c1cccc(C(=O)N2CCN(CC=Cc3ccccc3)CC2)c1. The van der Waals surface area contributed by atoms with Crippen LogP contribution in [0.3, 0.4) is 0 Å². The number of carbonyl (C=O) groups excluding carboxylic acids is 1. The van der Waals surface area contributed by atoms with Crippen LogP contribution < -0.4 is 4.72 Å². The molecule has 6 nitrogen and oxygen atoms in total. The van der Waals surface area contributed by atoms with Gasteiger partial charge in [0.2, 0.25) is 10.0 Å². The average Bonchev–Trinajstić information content (AvgIpc) is 2.75. The van der Waals surface area contributed by atoms with Crippen LogP contribution in [0.4, 0.5) is 0 Å². The molecule has 1 heterocycles. The van der Waals surface area contributed by atoms with Crippen molar-refractivity contribution in [2.24, 2.45) is 0 Å². The van der Waals surface area contributed by atoms with Gasteiger partial charge < -0.3 is 4.90 Å². The highest BCUT2D eigenvalue weighted by Gasteiger charge is 2.23. The van der Waals surface area contributed by atoms with E-state index in [4.69, 9.17) is 0 Å². The van der Waals surface area contributed by atoms with E-state index >= 15 is 0 Å². The Hall–Kier alpha value is -2.48. The number of amides is 1. The van der Waals surface area contributed by atoms with Crippen LogP contribution in [0.5, 0.6) is 0 Å². The molecule has 1 aliphatic rings. The zero-order chi connectivity index (χ0) is 20.7. The molecule has 0 aromatic heterocycles. The van der Waals surface area contributed by atoms with E-state index in [9.17, 15) is 13.2 Å². The summed E-state index contributed by atoms with van der Waals surface area (Å²) < 4.78 is 26.8. The lowest BCUT2D eigenvalue weighted by Crippen LogP contribution is -2.48. The molecule has 154 valence electrons. The van der Waals surface area contributed by atoms with Crippen molar-refractivity contribution in [2.75, 3.05) is 39.3 Å². The number of sulfonamides is 1. The maximum atomic E-state index is 12.8. The van der Waals surface area contributed by atoms with Gasteiger partial charge in [-0.05, 0) is 23.8 Å². The Morgan fingerprint density at radius 1 is 1.03 bits per heavy atom. The summed E-state index contributed by atoms with van der Waals surface area (Å²) in [7, 11) is -3.58. The van der Waals surface area contributed by atoms with Crippen LogP contribution >= 0.6 is 0 Å². The molecule has 0 radical (unpaired) electrons. The van der Waals surface area contributed by atoms with Crippen molar-refractivity contribution in [2.45, 2.75) is 11.8 Å². The lowest BCUT2D eigenvalue weighted by atomic mass is 10.1. The molecule has 3 rings (SSSR count). The van der Waals surface area contributed by atoms with Crippen LogP contribution in [0.25, 0.3) is 6.08 Å². The Morgan fingerprint density at radius 2 is 1.76 bits per heavy atom. The van der Waals surface area contributed by atoms with E-state index in [1.54, 1.807) is 24.0 Å². The van der Waals surface area contributed by atoms with Crippen LogP contribution in [-0.2, 0) is 10.0 Å². The molecule has 1 saturated heterocycles.